The third kappa shape index (κ3) is 2.39. The number of hydrogen-bond donors (Lipinski definition) is 0. The number of alkyl halides is 2. The molecule has 0 aliphatic heterocycles. The molecule has 0 amide bonds. The molecule has 0 saturated heterocycles. The first-order valence-electron chi connectivity index (χ1n) is 6.34. The lowest BCUT2D eigenvalue weighted by Gasteiger charge is -2.15. The van der Waals surface area contributed by atoms with Crippen molar-refractivity contribution in [2.24, 2.45) is 0 Å². The molecule has 0 bridgehead atoms. The van der Waals surface area contributed by atoms with Gasteiger partial charge >= 0.3 is 0 Å². The lowest BCUT2D eigenvalue weighted by Crippen LogP contribution is -2.21. The van der Waals surface area contributed by atoms with Crippen molar-refractivity contribution in [3.8, 4) is 0 Å². The summed E-state index contributed by atoms with van der Waals surface area (Å²) in [7, 11) is 0. The second kappa shape index (κ2) is 5.09. The van der Waals surface area contributed by atoms with Crippen LogP contribution in [0.5, 0.6) is 0 Å². The van der Waals surface area contributed by atoms with Gasteiger partial charge < -0.3 is 0 Å². The summed E-state index contributed by atoms with van der Waals surface area (Å²) in [4.78, 5) is 23.4. The van der Waals surface area contributed by atoms with Crippen molar-refractivity contribution in [2.75, 3.05) is 0 Å². The fraction of sp³-hybridized carbons (Fsp3) is 0.333. The molecule has 1 aromatic carbocycles. The van der Waals surface area contributed by atoms with Crippen molar-refractivity contribution in [1.82, 2.24) is 0 Å². The Bertz CT molecular complexity index is 674. The maximum absolute atomic E-state index is 14.2. The Morgan fingerprint density at radius 1 is 1.24 bits per heavy atom. The van der Waals surface area contributed by atoms with Crippen LogP contribution in [0, 0.1) is 11.6 Å². The Labute approximate surface area is 118 Å². The molecule has 0 spiro atoms. The first kappa shape index (κ1) is 15.4. The maximum atomic E-state index is 14.2. The predicted molar refractivity (Wildman–Crippen MR) is 67.9 cm³/mol. The quantitative estimate of drug-likeness (QED) is 0.371. The zero-order valence-electron chi connectivity index (χ0n) is 11.4. The molecule has 2 rings (SSSR count). The lowest BCUT2D eigenvalue weighted by molar-refractivity contribution is -0.120. The zero-order chi connectivity index (χ0) is 15.9. The highest BCUT2D eigenvalue weighted by atomic mass is 19.3. The van der Waals surface area contributed by atoms with Crippen molar-refractivity contribution in [1.29, 1.82) is 0 Å². The standard InChI is InChI=1S/C15H12F4O2/c1-3-11(21)12(7(2)20)13-8-4-5-10(16)14(17)9(8)6-15(13,18)19/h4-5H,3,6H2,1-2H3/b13-12-. The second-order valence-electron chi connectivity index (χ2n) is 4.85. The Morgan fingerprint density at radius 3 is 2.38 bits per heavy atom. The smallest absolute Gasteiger partial charge is 0.278 e. The molecule has 1 aliphatic rings. The summed E-state index contributed by atoms with van der Waals surface area (Å²) in [6.45, 7) is 2.44. The predicted octanol–water partition coefficient (Wildman–Crippen LogP) is 3.48. The molecule has 0 N–H and O–H groups in total. The number of hydrogen-bond acceptors (Lipinski definition) is 2. The first-order valence-corrected chi connectivity index (χ1v) is 6.34. The van der Waals surface area contributed by atoms with Gasteiger partial charge in [0.2, 0.25) is 0 Å². The minimum absolute atomic E-state index is 0.131. The van der Waals surface area contributed by atoms with Gasteiger partial charge in [0, 0.05) is 24.0 Å². The highest BCUT2D eigenvalue weighted by molar-refractivity contribution is 6.25. The molecule has 112 valence electrons. The third-order valence-electron chi connectivity index (χ3n) is 3.43. The van der Waals surface area contributed by atoms with E-state index in [2.05, 4.69) is 0 Å². The number of halogens is 4. The Balaban J connectivity index is 2.83. The van der Waals surface area contributed by atoms with Crippen LogP contribution in [0.4, 0.5) is 17.6 Å². The molecule has 1 aliphatic carbocycles. The average Bonchev–Trinajstić information content (AvgIpc) is 2.66. The van der Waals surface area contributed by atoms with E-state index < -0.39 is 52.3 Å². The van der Waals surface area contributed by atoms with E-state index in [1.165, 1.54) is 6.92 Å². The SMILES string of the molecule is CCC(=O)/C(C(C)=O)=C1/c2ccc(F)c(F)c2CC1(F)F. The van der Waals surface area contributed by atoms with Gasteiger partial charge in [-0.3, -0.25) is 9.59 Å². The van der Waals surface area contributed by atoms with Gasteiger partial charge in [0.1, 0.15) is 0 Å². The first-order chi connectivity index (χ1) is 9.70. The molecule has 0 unspecified atom stereocenters. The van der Waals surface area contributed by atoms with Crippen LogP contribution < -0.4 is 0 Å². The minimum Gasteiger partial charge on any atom is -0.294 e. The van der Waals surface area contributed by atoms with E-state index in [4.69, 9.17) is 0 Å². The number of fused-ring (bicyclic) bond motifs is 1. The van der Waals surface area contributed by atoms with Gasteiger partial charge in [0.15, 0.2) is 23.2 Å². The van der Waals surface area contributed by atoms with Crippen LogP contribution in [0.25, 0.3) is 5.57 Å². The summed E-state index contributed by atoms with van der Waals surface area (Å²) in [5, 5.41) is 0. The molecule has 6 heteroatoms. The normalized spacial score (nSPS) is 18.4. The van der Waals surface area contributed by atoms with E-state index in [0.29, 0.717) is 6.07 Å². The van der Waals surface area contributed by atoms with Crippen molar-refractivity contribution in [3.63, 3.8) is 0 Å². The number of rotatable bonds is 3. The molecule has 0 radical (unpaired) electrons. The summed E-state index contributed by atoms with van der Waals surface area (Å²) in [5.74, 6) is -7.74. The molecule has 0 saturated carbocycles. The van der Waals surface area contributed by atoms with Gasteiger partial charge in [-0.25, -0.2) is 17.6 Å². The molecular formula is C15H12F4O2. The van der Waals surface area contributed by atoms with Gasteiger partial charge in [0.05, 0.1) is 5.57 Å². The Kier molecular flexibility index (Phi) is 3.74. The Hall–Kier alpha value is -1.98. The number of ketones is 2. The highest BCUT2D eigenvalue weighted by Crippen LogP contribution is 2.47. The third-order valence-corrected chi connectivity index (χ3v) is 3.43. The fourth-order valence-electron chi connectivity index (χ4n) is 2.51. The van der Waals surface area contributed by atoms with Gasteiger partial charge in [-0.15, -0.1) is 0 Å². The van der Waals surface area contributed by atoms with Crippen molar-refractivity contribution >= 4 is 17.1 Å². The maximum Gasteiger partial charge on any atom is 0.278 e. The molecule has 0 fully saturated rings. The molecular weight excluding hydrogens is 288 g/mol. The summed E-state index contributed by atoms with van der Waals surface area (Å²) < 4.78 is 55.2. The van der Waals surface area contributed by atoms with E-state index in [0.717, 1.165) is 13.0 Å². The van der Waals surface area contributed by atoms with Gasteiger partial charge in [-0.2, -0.15) is 0 Å². The number of Topliss-reactive ketones (excluding diaryl/α,β-unsaturated/α-hetero) is 2. The van der Waals surface area contributed by atoms with Crippen LogP contribution in [-0.4, -0.2) is 17.5 Å². The van der Waals surface area contributed by atoms with E-state index in [1.54, 1.807) is 0 Å². The van der Waals surface area contributed by atoms with Crippen molar-refractivity contribution in [3.05, 3.63) is 40.5 Å². The van der Waals surface area contributed by atoms with Crippen LogP contribution >= 0.6 is 0 Å². The molecule has 0 atom stereocenters. The molecule has 21 heavy (non-hydrogen) atoms. The van der Waals surface area contributed by atoms with Gasteiger partial charge in [0.25, 0.3) is 5.92 Å². The second-order valence-corrected chi connectivity index (χ2v) is 4.85. The van der Waals surface area contributed by atoms with Crippen LogP contribution in [0.15, 0.2) is 17.7 Å². The lowest BCUT2D eigenvalue weighted by atomic mass is 9.93. The van der Waals surface area contributed by atoms with E-state index >= 15 is 0 Å². The molecule has 0 aromatic heterocycles. The Morgan fingerprint density at radius 2 is 1.86 bits per heavy atom. The van der Waals surface area contributed by atoms with Crippen molar-refractivity contribution in [2.45, 2.75) is 32.6 Å². The minimum atomic E-state index is -3.58. The number of carbonyl (C=O) groups excluding carboxylic acids is 2. The van der Waals surface area contributed by atoms with Gasteiger partial charge in [-0.1, -0.05) is 13.0 Å². The summed E-state index contributed by atoms with van der Waals surface area (Å²) in [6, 6.07) is 1.69. The number of benzene rings is 1. The summed E-state index contributed by atoms with van der Waals surface area (Å²) >= 11 is 0. The fourth-order valence-corrected chi connectivity index (χ4v) is 2.51. The van der Waals surface area contributed by atoms with Crippen LogP contribution in [0.1, 0.15) is 31.4 Å². The van der Waals surface area contributed by atoms with Crippen LogP contribution in [0.2, 0.25) is 0 Å². The average molecular weight is 300 g/mol. The van der Waals surface area contributed by atoms with Crippen LogP contribution in [-0.2, 0) is 16.0 Å². The van der Waals surface area contributed by atoms with E-state index in [-0.39, 0.29) is 12.0 Å². The number of allylic oxidation sites excluding steroid dienone is 2. The molecule has 2 nitrogen and oxygen atoms in total. The van der Waals surface area contributed by atoms with Crippen LogP contribution in [0.3, 0.4) is 0 Å². The van der Waals surface area contributed by atoms with Crippen molar-refractivity contribution < 1.29 is 27.2 Å². The van der Waals surface area contributed by atoms with Gasteiger partial charge in [-0.05, 0) is 18.6 Å². The van der Waals surface area contributed by atoms with E-state index in [9.17, 15) is 27.2 Å². The summed E-state index contributed by atoms with van der Waals surface area (Å²) in [6.07, 6.45) is -1.19. The monoisotopic (exact) mass is 300 g/mol. The van der Waals surface area contributed by atoms with E-state index in [1.807, 2.05) is 0 Å². The number of carbonyl (C=O) groups is 2. The highest BCUT2D eigenvalue weighted by Gasteiger charge is 2.47. The topological polar surface area (TPSA) is 34.1 Å². The zero-order valence-corrected chi connectivity index (χ0v) is 11.4. The summed E-state index contributed by atoms with van der Waals surface area (Å²) in [5.41, 5.74) is -2.20. The largest absolute Gasteiger partial charge is 0.294 e. The molecule has 1 aromatic rings. The molecule has 0 heterocycles.